The van der Waals surface area contributed by atoms with Gasteiger partial charge in [0, 0.05) is 16.1 Å². The van der Waals surface area contributed by atoms with Crippen molar-refractivity contribution in [3.8, 4) is 11.4 Å². The van der Waals surface area contributed by atoms with Crippen LogP contribution in [0.1, 0.15) is 53.9 Å². The van der Waals surface area contributed by atoms with Crippen molar-refractivity contribution in [1.29, 1.82) is 0 Å². The first kappa shape index (κ1) is 24.0. The molecule has 1 aliphatic rings. The van der Waals surface area contributed by atoms with E-state index in [9.17, 15) is 18.0 Å². The van der Waals surface area contributed by atoms with Crippen molar-refractivity contribution < 1.29 is 32.2 Å². The van der Waals surface area contributed by atoms with Gasteiger partial charge in [0.25, 0.3) is 0 Å². The van der Waals surface area contributed by atoms with Crippen molar-refractivity contribution in [2.75, 3.05) is 13.7 Å². The van der Waals surface area contributed by atoms with Gasteiger partial charge in [0.1, 0.15) is 18.0 Å². The van der Waals surface area contributed by atoms with E-state index >= 15 is 0 Å². The zero-order chi connectivity index (χ0) is 24.6. The molecule has 1 aliphatic heterocycles. The van der Waals surface area contributed by atoms with Crippen LogP contribution in [0.25, 0.3) is 5.69 Å². The Morgan fingerprint density at radius 1 is 1.18 bits per heavy atom. The van der Waals surface area contributed by atoms with Crippen LogP contribution < -0.4 is 4.74 Å². The van der Waals surface area contributed by atoms with Crippen molar-refractivity contribution in [1.82, 2.24) is 14.8 Å². The highest BCUT2D eigenvalue weighted by Gasteiger charge is 2.43. The molecule has 0 unspecified atom stereocenters. The third-order valence-corrected chi connectivity index (χ3v) is 5.61. The molecule has 0 aliphatic carbocycles. The molecule has 11 heteroatoms. The van der Waals surface area contributed by atoms with Crippen LogP contribution in [0.4, 0.5) is 13.2 Å². The van der Waals surface area contributed by atoms with E-state index < -0.39 is 30.2 Å². The van der Waals surface area contributed by atoms with E-state index in [1.807, 2.05) is 13.0 Å². The molecule has 0 amide bonds. The Balaban J connectivity index is 1.98. The fourth-order valence-electron chi connectivity index (χ4n) is 3.95. The largest absolute Gasteiger partial charge is 0.496 e. The van der Waals surface area contributed by atoms with Gasteiger partial charge < -0.3 is 14.2 Å². The van der Waals surface area contributed by atoms with E-state index in [1.165, 1.54) is 25.3 Å². The predicted octanol–water partition coefficient (Wildman–Crippen LogP) is 5.37. The second-order valence-corrected chi connectivity index (χ2v) is 8.11. The first-order valence-corrected chi connectivity index (χ1v) is 10.8. The average molecular weight is 496 g/mol. The van der Waals surface area contributed by atoms with E-state index in [0.717, 1.165) is 10.1 Å². The van der Waals surface area contributed by atoms with Gasteiger partial charge in [-0.05, 0) is 43.7 Å². The second kappa shape index (κ2) is 9.27. The van der Waals surface area contributed by atoms with Crippen LogP contribution in [0, 0.1) is 6.92 Å². The number of esters is 1. The minimum absolute atomic E-state index is 0.108. The lowest BCUT2D eigenvalue weighted by Crippen LogP contribution is -2.18. The van der Waals surface area contributed by atoms with Crippen LogP contribution in [-0.2, 0) is 20.4 Å². The number of aromatic nitrogens is 3. The maximum Gasteiger partial charge on any atom is 0.452 e. The number of carbonyl (C=O) groups excluding carboxylic acids is 1. The summed E-state index contributed by atoms with van der Waals surface area (Å²) in [6.07, 6.45) is -7.29. The van der Waals surface area contributed by atoms with Crippen LogP contribution in [-0.4, -0.2) is 34.5 Å². The third kappa shape index (κ3) is 4.47. The van der Waals surface area contributed by atoms with Crippen molar-refractivity contribution in [2.24, 2.45) is 0 Å². The summed E-state index contributed by atoms with van der Waals surface area (Å²) < 4.78 is 59.5. The summed E-state index contributed by atoms with van der Waals surface area (Å²) in [6.45, 7) is 3.62. The molecule has 0 bridgehead atoms. The summed E-state index contributed by atoms with van der Waals surface area (Å²) in [5.41, 5.74) is 1.95. The first-order valence-electron chi connectivity index (χ1n) is 10.4. The van der Waals surface area contributed by atoms with E-state index in [4.69, 9.17) is 25.8 Å². The number of carbonyl (C=O) groups is 1. The molecule has 4 rings (SSSR count). The molecule has 2 heterocycles. The van der Waals surface area contributed by atoms with E-state index in [2.05, 4.69) is 10.2 Å². The molecule has 34 heavy (non-hydrogen) atoms. The Hall–Kier alpha value is -3.11. The lowest BCUT2D eigenvalue weighted by atomic mass is 9.97. The Bertz CT molecular complexity index is 1230. The molecule has 180 valence electrons. The molecular weight excluding hydrogens is 475 g/mol. The molecule has 0 N–H and O–H groups in total. The molecule has 0 saturated heterocycles. The maximum absolute atomic E-state index is 13.9. The number of halogens is 4. The standard InChI is InChI=1S/C23H21ClF3N3O4/c1-4-33-19(31)11-18-21-28-29-22(23(25,26)27)30(21)16-8-6-13(24)10-15(16)20(34-18)14-7-5-12(2)9-17(14)32-3/h5-10,18,20H,4,11H2,1-3H3/t18-,20-/m1/s1. The number of methoxy groups -OCH3 is 1. The van der Waals surface area contributed by atoms with Gasteiger partial charge in [0.15, 0.2) is 5.82 Å². The van der Waals surface area contributed by atoms with Crippen molar-refractivity contribution in [3.63, 3.8) is 0 Å². The molecule has 1 aromatic heterocycles. The van der Waals surface area contributed by atoms with Gasteiger partial charge in [-0.1, -0.05) is 23.7 Å². The minimum Gasteiger partial charge on any atom is -0.496 e. The number of hydrogen-bond acceptors (Lipinski definition) is 6. The first-order chi connectivity index (χ1) is 16.1. The maximum atomic E-state index is 13.9. The highest BCUT2D eigenvalue weighted by molar-refractivity contribution is 6.30. The summed E-state index contributed by atoms with van der Waals surface area (Å²) in [5, 5.41) is 7.45. The van der Waals surface area contributed by atoms with Crippen LogP contribution in [0.5, 0.6) is 5.75 Å². The Morgan fingerprint density at radius 2 is 1.94 bits per heavy atom. The van der Waals surface area contributed by atoms with Crippen LogP contribution in [0.15, 0.2) is 36.4 Å². The second-order valence-electron chi connectivity index (χ2n) is 7.68. The van der Waals surface area contributed by atoms with Gasteiger partial charge in [0.2, 0.25) is 5.82 Å². The van der Waals surface area contributed by atoms with Crippen molar-refractivity contribution in [2.45, 2.75) is 38.7 Å². The molecule has 2 aromatic carbocycles. The Labute approximate surface area is 198 Å². The molecular formula is C23H21ClF3N3O4. The average Bonchev–Trinajstić information content (AvgIpc) is 3.18. The lowest BCUT2D eigenvalue weighted by molar-refractivity contribution is -0.147. The van der Waals surface area contributed by atoms with Crippen LogP contribution in [0.3, 0.4) is 0 Å². The molecule has 0 spiro atoms. The van der Waals surface area contributed by atoms with Gasteiger partial charge in [-0.15, -0.1) is 10.2 Å². The summed E-state index contributed by atoms with van der Waals surface area (Å²) in [7, 11) is 1.49. The molecule has 2 atom stereocenters. The number of benzene rings is 2. The smallest absolute Gasteiger partial charge is 0.452 e. The highest BCUT2D eigenvalue weighted by atomic mass is 35.5. The van der Waals surface area contributed by atoms with E-state index in [-0.39, 0.29) is 24.5 Å². The number of nitrogens with zero attached hydrogens (tertiary/aromatic N) is 3. The zero-order valence-electron chi connectivity index (χ0n) is 18.5. The van der Waals surface area contributed by atoms with Gasteiger partial charge in [0.05, 0.1) is 25.8 Å². The number of rotatable bonds is 5. The molecule has 7 nitrogen and oxygen atoms in total. The van der Waals surface area contributed by atoms with E-state index in [1.54, 1.807) is 19.1 Å². The number of hydrogen-bond donors (Lipinski definition) is 0. The van der Waals surface area contributed by atoms with Crippen molar-refractivity contribution in [3.05, 3.63) is 69.8 Å². The number of fused-ring (bicyclic) bond motifs is 3. The molecule has 3 aromatic rings. The monoisotopic (exact) mass is 495 g/mol. The normalized spacial score (nSPS) is 17.5. The van der Waals surface area contributed by atoms with Gasteiger partial charge in [-0.3, -0.25) is 9.36 Å². The fraction of sp³-hybridized carbons (Fsp3) is 0.348. The minimum atomic E-state index is -4.81. The quantitative estimate of drug-likeness (QED) is 0.443. The van der Waals surface area contributed by atoms with Crippen LogP contribution in [0.2, 0.25) is 5.02 Å². The van der Waals surface area contributed by atoms with Crippen molar-refractivity contribution >= 4 is 17.6 Å². The summed E-state index contributed by atoms with van der Waals surface area (Å²) in [6, 6.07) is 9.83. The SMILES string of the molecule is CCOC(=O)C[C@H]1O[C@H](c2ccc(C)cc2OC)c2cc(Cl)ccc2-n2c1nnc2C(F)(F)F. The number of aryl methyl sites for hydroxylation is 1. The molecule has 0 saturated carbocycles. The topological polar surface area (TPSA) is 75.5 Å². The number of alkyl halides is 3. The number of ether oxygens (including phenoxy) is 3. The summed E-state index contributed by atoms with van der Waals surface area (Å²) in [4.78, 5) is 12.3. The van der Waals surface area contributed by atoms with Gasteiger partial charge in [-0.2, -0.15) is 13.2 Å². The van der Waals surface area contributed by atoms with E-state index in [0.29, 0.717) is 21.9 Å². The zero-order valence-corrected chi connectivity index (χ0v) is 19.3. The summed E-state index contributed by atoms with van der Waals surface area (Å²) in [5.74, 6) is -1.58. The van der Waals surface area contributed by atoms with Gasteiger partial charge in [-0.25, -0.2) is 0 Å². The highest BCUT2D eigenvalue weighted by Crippen LogP contribution is 2.45. The predicted molar refractivity (Wildman–Crippen MR) is 116 cm³/mol. The molecule has 0 fully saturated rings. The summed E-state index contributed by atoms with van der Waals surface area (Å²) >= 11 is 6.25. The Kier molecular flexibility index (Phi) is 6.55. The molecule has 0 radical (unpaired) electrons. The van der Waals surface area contributed by atoms with Gasteiger partial charge >= 0.3 is 12.1 Å². The fourth-order valence-corrected chi connectivity index (χ4v) is 4.13. The lowest BCUT2D eigenvalue weighted by Gasteiger charge is -2.24. The van der Waals surface area contributed by atoms with Crippen LogP contribution >= 0.6 is 11.6 Å². The third-order valence-electron chi connectivity index (χ3n) is 5.37. The Morgan fingerprint density at radius 3 is 2.62 bits per heavy atom.